The third-order valence-electron chi connectivity index (χ3n) is 5.44. The molecule has 1 aromatic heterocycles. The highest BCUT2D eigenvalue weighted by atomic mass is 32.2. The van der Waals surface area contributed by atoms with Gasteiger partial charge >= 0.3 is 0 Å². The van der Waals surface area contributed by atoms with Crippen LogP contribution in [0.2, 0.25) is 0 Å². The number of anilines is 1. The zero-order chi connectivity index (χ0) is 23.9. The Labute approximate surface area is 204 Å². The second-order valence-electron chi connectivity index (χ2n) is 7.96. The molecule has 3 aromatic carbocycles. The van der Waals surface area contributed by atoms with Crippen LogP contribution in [0.15, 0.2) is 78.0 Å². The number of benzene rings is 3. The molecule has 0 aliphatic carbocycles. The first-order valence-corrected chi connectivity index (χ1v) is 12.2. The fourth-order valence-corrected chi connectivity index (χ4v) is 4.31. The van der Waals surface area contributed by atoms with Gasteiger partial charge in [0.15, 0.2) is 5.16 Å². The highest BCUT2D eigenvalue weighted by molar-refractivity contribution is 7.99. The van der Waals surface area contributed by atoms with Gasteiger partial charge in [0.05, 0.1) is 12.4 Å². The number of ether oxygens (including phenoxy) is 1. The Balaban J connectivity index is 1.52. The lowest BCUT2D eigenvalue weighted by Crippen LogP contribution is -2.14. The minimum absolute atomic E-state index is 0.103. The maximum Gasteiger partial charge on any atom is 0.234 e. The lowest BCUT2D eigenvalue weighted by Gasteiger charge is -2.12. The summed E-state index contributed by atoms with van der Waals surface area (Å²) in [4.78, 5) is 12.6. The Morgan fingerprint density at radius 3 is 2.44 bits per heavy atom. The van der Waals surface area contributed by atoms with E-state index in [2.05, 4.69) is 59.7 Å². The summed E-state index contributed by atoms with van der Waals surface area (Å²) in [5, 5.41) is 12.5. The highest BCUT2D eigenvalue weighted by Gasteiger charge is 2.17. The molecule has 34 heavy (non-hydrogen) atoms. The van der Waals surface area contributed by atoms with E-state index in [0.717, 1.165) is 28.5 Å². The van der Waals surface area contributed by atoms with Crippen molar-refractivity contribution >= 4 is 23.4 Å². The molecule has 0 aliphatic rings. The molecule has 4 rings (SSSR count). The topological polar surface area (TPSA) is 69.0 Å². The second kappa shape index (κ2) is 11.0. The van der Waals surface area contributed by atoms with Crippen LogP contribution >= 0.6 is 11.8 Å². The summed E-state index contributed by atoms with van der Waals surface area (Å²) in [5.74, 6) is 1.74. The largest absolute Gasteiger partial charge is 0.494 e. The number of hydrogen-bond acceptors (Lipinski definition) is 5. The molecule has 0 unspecified atom stereocenters. The third-order valence-corrected chi connectivity index (χ3v) is 6.36. The van der Waals surface area contributed by atoms with Gasteiger partial charge in [-0.2, -0.15) is 0 Å². The van der Waals surface area contributed by atoms with Gasteiger partial charge in [-0.1, -0.05) is 48.2 Å². The first-order valence-electron chi connectivity index (χ1n) is 11.2. The van der Waals surface area contributed by atoms with Crippen LogP contribution in [-0.2, 0) is 11.2 Å². The average Bonchev–Trinajstić information content (AvgIpc) is 3.24. The Hall–Kier alpha value is -3.58. The van der Waals surface area contributed by atoms with Crippen molar-refractivity contribution in [3.8, 4) is 11.4 Å². The van der Waals surface area contributed by atoms with Gasteiger partial charge in [-0.05, 0) is 73.9 Å². The number of hydrogen-bond donors (Lipinski definition) is 1. The highest BCUT2D eigenvalue weighted by Crippen LogP contribution is 2.25. The summed E-state index contributed by atoms with van der Waals surface area (Å²) in [6.07, 6.45) is 0.652. The number of carbonyl (C=O) groups is 1. The predicted molar refractivity (Wildman–Crippen MR) is 137 cm³/mol. The van der Waals surface area contributed by atoms with Crippen LogP contribution in [0.5, 0.6) is 5.75 Å². The fourth-order valence-electron chi connectivity index (χ4n) is 3.54. The van der Waals surface area contributed by atoms with E-state index in [0.29, 0.717) is 18.2 Å². The van der Waals surface area contributed by atoms with Crippen LogP contribution in [0.25, 0.3) is 5.69 Å². The van der Waals surface area contributed by atoms with Gasteiger partial charge in [-0.15, -0.1) is 10.2 Å². The predicted octanol–water partition coefficient (Wildman–Crippen LogP) is 5.60. The van der Waals surface area contributed by atoms with Crippen LogP contribution in [0.1, 0.15) is 29.4 Å². The molecule has 0 bridgehead atoms. The molecular weight excluding hydrogens is 444 g/mol. The molecule has 0 saturated heterocycles. The van der Waals surface area contributed by atoms with Crippen LogP contribution in [0.4, 0.5) is 5.69 Å². The number of amides is 1. The molecule has 0 aliphatic heterocycles. The number of thioether (sulfide) groups is 1. The van der Waals surface area contributed by atoms with Crippen molar-refractivity contribution in [3.05, 3.63) is 95.3 Å². The molecule has 1 heterocycles. The lowest BCUT2D eigenvalue weighted by molar-refractivity contribution is -0.113. The number of aromatic nitrogens is 3. The van der Waals surface area contributed by atoms with E-state index in [1.165, 1.54) is 22.9 Å². The molecule has 0 atom stereocenters. The SMILES string of the molecule is CCOc1ccc(NC(=O)CSc2nnc(Cc3ccccc3)n2-c2ccc(C)c(C)c2)cc1. The van der Waals surface area contributed by atoms with E-state index in [-0.39, 0.29) is 11.7 Å². The molecule has 0 radical (unpaired) electrons. The number of nitrogens with zero attached hydrogens (tertiary/aromatic N) is 3. The summed E-state index contributed by atoms with van der Waals surface area (Å²) < 4.78 is 7.50. The van der Waals surface area contributed by atoms with Gasteiger partial charge in [0.2, 0.25) is 5.91 Å². The van der Waals surface area contributed by atoms with Crippen molar-refractivity contribution in [2.75, 3.05) is 17.7 Å². The van der Waals surface area contributed by atoms with Crippen LogP contribution < -0.4 is 10.1 Å². The van der Waals surface area contributed by atoms with Crippen molar-refractivity contribution in [1.82, 2.24) is 14.8 Å². The summed E-state index contributed by atoms with van der Waals surface area (Å²) in [7, 11) is 0. The molecule has 0 fully saturated rings. The Bertz CT molecular complexity index is 1250. The quantitative estimate of drug-likeness (QED) is 0.321. The lowest BCUT2D eigenvalue weighted by atomic mass is 10.1. The smallest absolute Gasteiger partial charge is 0.234 e. The molecule has 6 nitrogen and oxygen atoms in total. The first kappa shape index (κ1) is 23.6. The average molecular weight is 473 g/mol. The second-order valence-corrected chi connectivity index (χ2v) is 8.90. The summed E-state index contributed by atoms with van der Waals surface area (Å²) >= 11 is 1.37. The molecule has 1 amide bonds. The summed E-state index contributed by atoms with van der Waals surface area (Å²) in [5.41, 5.74) is 5.30. The first-order chi connectivity index (χ1) is 16.5. The van der Waals surface area contributed by atoms with Crippen LogP contribution in [0.3, 0.4) is 0 Å². The Morgan fingerprint density at radius 1 is 0.971 bits per heavy atom. The molecule has 0 saturated carbocycles. The molecule has 7 heteroatoms. The maximum absolute atomic E-state index is 12.6. The van der Waals surface area contributed by atoms with Crippen molar-refractivity contribution in [1.29, 1.82) is 0 Å². The van der Waals surface area contributed by atoms with Crippen molar-refractivity contribution in [2.45, 2.75) is 32.3 Å². The van der Waals surface area contributed by atoms with Gasteiger partial charge < -0.3 is 10.1 Å². The number of nitrogens with one attached hydrogen (secondary N) is 1. The van der Waals surface area contributed by atoms with Gasteiger partial charge in [0, 0.05) is 17.8 Å². The third kappa shape index (κ3) is 5.85. The van der Waals surface area contributed by atoms with E-state index in [4.69, 9.17) is 4.74 Å². The van der Waals surface area contributed by atoms with Gasteiger partial charge in [-0.3, -0.25) is 9.36 Å². The van der Waals surface area contributed by atoms with E-state index in [1.54, 1.807) is 0 Å². The zero-order valence-corrected chi connectivity index (χ0v) is 20.4. The number of rotatable bonds is 9. The Morgan fingerprint density at radius 2 is 1.74 bits per heavy atom. The number of aryl methyl sites for hydroxylation is 2. The van der Waals surface area contributed by atoms with E-state index in [9.17, 15) is 4.79 Å². The van der Waals surface area contributed by atoms with E-state index in [1.807, 2.05) is 54.0 Å². The fraction of sp³-hybridized carbons (Fsp3) is 0.222. The number of carbonyl (C=O) groups excluding carboxylic acids is 1. The van der Waals surface area contributed by atoms with Crippen molar-refractivity contribution < 1.29 is 9.53 Å². The maximum atomic E-state index is 12.6. The van der Waals surface area contributed by atoms with Gasteiger partial charge in [0.25, 0.3) is 0 Å². The van der Waals surface area contributed by atoms with Gasteiger partial charge in [0.1, 0.15) is 11.6 Å². The minimum Gasteiger partial charge on any atom is -0.494 e. The zero-order valence-electron chi connectivity index (χ0n) is 19.6. The van der Waals surface area contributed by atoms with E-state index < -0.39 is 0 Å². The minimum atomic E-state index is -0.103. The molecule has 1 N–H and O–H groups in total. The van der Waals surface area contributed by atoms with Crippen molar-refractivity contribution in [3.63, 3.8) is 0 Å². The van der Waals surface area contributed by atoms with Crippen molar-refractivity contribution in [2.24, 2.45) is 0 Å². The van der Waals surface area contributed by atoms with Crippen LogP contribution in [0, 0.1) is 13.8 Å². The van der Waals surface area contributed by atoms with Crippen LogP contribution in [-0.4, -0.2) is 33.0 Å². The normalized spacial score (nSPS) is 10.8. The van der Waals surface area contributed by atoms with E-state index >= 15 is 0 Å². The summed E-state index contributed by atoms with van der Waals surface area (Å²) in [6.45, 7) is 6.73. The monoisotopic (exact) mass is 472 g/mol. The molecule has 4 aromatic rings. The standard InChI is InChI=1S/C27H28N4O2S/c1-4-33-24-14-11-22(12-15-24)28-26(32)18-34-27-30-29-25(17-21-8-6-5-7-9-21)31(27)23-13-10-19(2)20(3)16-23/h5-16H,4,17-18H2,1-3H3,(H,28,32). The Kier molecular flexibility index (Phi) is 7.65. The van der Waals surface area contributed by atoms with Gasteiger partial charge in [-0.25, -0.2) is 0 Å². The summed E-state index contributed by atoms with van der Waals surface area (Å²) in [6, 6.07) is 23.9. The molecule has 0 spiro atoms. The molecule has 174 valence electrons. The molecular formula is C27H28N4O2S.